The molecule has 0 atom stereocenters. The number of nitrogens with one attached hydrogen (secondary N) is 1. The maximum atomic E-state index is 9.55. The highest BCUT2D eigenvalue weighted by molar-refractivity contribution is 4.37. The van der Waals surface area contributed by atoms with Gasteiger partial charge < -0.3 is 10.1 Å². The Kier molecular flexibility index (Phi) is 5.45. The van der Waals surface area contributed by atoms with E-state index in [1.54, 1.807) is 0 Å². The van der Waals surface area contributed by atoms with Crippen molar-refractivity contribution in [2.75, 3.05) is 13.2 Å². The highest BCUT2D eigenvalue weighted by Crippen LogP contribution is 1.74. The number of rotatable bonds is 5. The smallest absolute Gasteiger partial charge is 0.209 e. The SMILES string of the molecule is CCCNCN=N[N+](=O)[O-]. The van der Waals surface area contributed by atoms with E-state index in [1.807, 2.05) is 6.92 Å². The third-order valence-corrected chi connectivity index (χ3v) is 0.746. The summed E-state index contributed by atoms with van der Waals surface area (Å²) in [4.78, 5) is 9.55. The van der Waals surface area contributed by atoms with Crippen molar-refractivity contribution >= 4 is 0 Å². The van der Waals surface area contributed by atoms with E-state index >= 15 is 0 Å². The lowest BCUT2D eigenvalue weighted by atomic mass is 10.5. The first-order valence-corrected chi connectivity index (χ1v) is 3.00. The quantitative estimate of drug-likeness (QED) is 0.267. The lowest BCUT2D eigenvalue weighted by Crippen LogP contribution is -2.13. The Morgan fingerprint density at radius 1 is 1.70 bits per heavy atom. The molecule has 0 radical (unpaired) electrons. The van der Waals surface area contributed by atoms with E-state index in [2.05, 4.69) is 15.7 Å². The highest BCUT2D eigenvalue weighted by Gasteiger charge is 1.87. The first-order chi connectivity index (χ1) is 4.77. The molecular weight excluding hydrogens is 136 g/mol. The molecule has 6 heteroatoms. The Morgan fingerprint density at radius 3 is 2.90 bits per heavy atom. The van der Waals surface area contributed by atoms with E-state index in [1.165, 1.54) is 0 Å². The molecule has 0 aromatic heterocycles. The van der Waals surface area contributed by atoms with Crippen molar-refractivity contribution in [1.82, 2.24) is 5.32 Å². The molecule has 0 aromatic rings. The molecule has 1 N–H and O–H groups in total. The van der Waals surface area contributed by atoms with Crippen molar-refractivity contribution in [3.63, 3.8) is 0 Å². The van der Waals surface area contributed by atoms with Gasteiger partial charge in [0.05, 0.1) is 10.1 Å². The molecule has 0 spiro atoms. The van der Waals surface area contributed by atoms with E-state index in [9.17, 15) is 10.1 Å². The van der Waals surface area contributed by atoms with Crippen LogP contribution in [0.4, 0.5) is 0 Å². The van der Waals surface area contributed by atoms with Gasteiger partial charge in [0, 0.05) is 0 Å². The summed E-state index contributed by atoms with van der Waals surface area (Å²) in [7, 11) is 0. The molecule has 0 unspecified atom stereocenters. The van der Waals surface area contributed by atoms with Crippen LogP contribution in [-0.2, 0) is 0 Å². The molecule has 0 bridgehead atoms. The van der Waals surface area contributed by atoms with E-state index < -0.39 is 5.03 Å². The Bertz CT molecular complexity index is 124. The summed E-state index contributed by atoms with van der Waals surface area (Å²) in [5.41, 5.74) is 0. The average Bonchev–Trinajstić information content (AvgIpc) is 1.87. The van der Waals surface area contributed by atoms with Crippen LogP contribution in [0, 0.1) is 10.1 Å². The molecule has 10 heavy (non-hydrogen) atoms. The van der Waals surface area contributed by atoms with Gasteiger partial charge in [0.1, 0.15) is 0 Å². The van der Waals surface area contributed by atoms with Gasteiger partial charge in [0.25, 0.3) is 0 Å². The summed E-state index contributed by atoms with van der Waals surface area (Å²) in [5, 5.41) is 17.5. The van der Waals surface area contributed by atoms with Gasteiger partial charge in [-0.3, -0.25) is 5.32 Å². The Labute approximate surface area is 58.5 Å². The van der Waals surface area contributed by atoms with Crippen LogP contribution in [0.15, 0.2) is 10.3 Å². The summed E-state index contributed by atoms with van der Waals surface area (Å²) < 4.78 is 0. The number of nitrogens with zero attached hydrogens (tertiary/aromatic N) is 3. The molecule has 6 nitrogen and oxygen atoms in total. The van der Waals surface area contributed by atoms with Crippen molar-refractivity contribution in [3.05, 3.63) is 10.1 Å². The normalized spacial score (nSPS) is 10.5. The molecular formula is C4H10N4O2. The average molecular weight is 146 g/mol. The van der Waals surface area contributed by atoms with E-state index in [0.717, 1.165) is 13.0 Å². The van der Waals surface area contributed by atoms with Crippen LogP contribution in [0.3, 0.4) is 0 Å². The summed E-state index contributed by atoms with van der Waals surface area (Å²) in [6.45, 7) is 3.02. The van der Waals surface area contributed by atoms with Gasteiger partial charge in [-0.15, -0.1) is 0 Å². The molecule has 0 fully saturated rings. The van der Waals surface area contributed by atoms with Crippen LogP contribution in [-0.4, -0.2) is 18.2 Å². The van der Waals surface area contributed by atoms with Crippen LogP contribution in [0.2, 0.25) is 0 Å². The molecule has 0 saturated heterocycles. The minimum Gasteiger partial charge on any atom is -0.337 e. The Morgan fingerprint density at radius 2 is 2.40 bits per heavy atom. The minimum absolute atomic E-state index is 0.217. The van der Waals surface area contributed by atoms with Crippen LogP contribution < -0.4 is 5.32 Å². The van der Waals surface area contributed by atoms with Crippen molar-refractivity contribution in [2.24, 2.45) is 10.3 Å². The van der Waals surface area contributed by atoms with Gasteiger partial charge in [0.2, 0.25) is 6.67 Å². The zero-order chi connectivity index (χ0) is 7.82. The zero-order valence-corrected chi connectivity index (χ0v) is 5.78. The maximum Gasteiger partial charge on any atom is 0.209 e. The van der Waals surface area contributed by atoms with Crippen LogP contribution in [0.5, 0.6) is 0 Å². The summed E-state index contributed by atoms with van der Waals surface area (Å²) in [6.07, 6.45) is 0.980. The molecule has 0 aliphatic carbocycles. The first kappa shape index (κ1) is 8.96. The van der Waals surface area contributed by atoms with Crippen molar-refractivity contribution in [2.45, 2.75) is 13.3 Å². The van der Waals surface area contributed by atoms with Crippen LogP contribution >= 0.6 is 0 Å². The fraction of sp³-hybridized carbons (Fsp3) is 1.00. The second kappa shape index (κ2) is 6.09. The minimum atomic E-state index is -0.826. The second-order valence-electron chi connectivity index (χ2n) is 1.63. The molecule has 0 amide bonds. The van der Waals surface area contributed by atoms with Crippen molar-refractivity contribution in [3.8, 4) is 0 Å². The third kappa shape index (κ3) is 6.96. The standard InChI is InChI=1S/C4H10N4O2/c1-2-3-5-4-6-7-8(9)10/h5H,2-4H2,1H3. The monoisotopic (exact) mass is 146 g/mol. The predicted molar refractivity (Wildman–Crippen MR) is 35.0 cm³/mol. The van der Waals surface area contributed by atoms with Crippen LogP contribution in [0.1, 0.15) is 13.3 Å². The van der Waals surface area contributed by atoms with E-state index in [4.69, 9.17) is 0 Å². The molecule has 0 saturated carbocycles. The summed E-state index contributed by atoms with van der Waals surface area (Å²) in [5.74, 6) is 0. The van der Waals surface area contributed by atoms with Gasteiger partial charge in [0.15, 0.2) is 5.22 Å². The van der Waals surface area contributed by atoms with Gasteiger partial charge in [-0.25, -0.2) is 0 Å². The van der Waals surface area contributed by atoms with E-state index in [-0.39, 0.29) is 6.67 Å². The summed E-state index contributed by atoms with van der Waals surface area (Å²) in [6, 6.07) is 0. The lowest BCUT2D eigenvalue weighted by Gasteiger charge is -1.88. The van der Waals surface area contributed by atoms with Gasteiger partial charge >= 0.3 is 0 Å². The Balaban J connectivity index is 3.10. The third-order valence-electron chi connectivity index (χ3n) is 0.746. The number of hydrogen-bond donors (Lipinski definition) is 1. The molecule has 0 aliphatic rings. The molecule has 0 aromatic carbocycles. The molecule has 58 valence electrons. The molecule has 0 aliphatic heterocycles. The van der Waals surface area contributed by atoms with E-state index in [0.29, 0.717) is 0 Å². The summed E-state index contributed by atoms with van der Waals surface area (Å²) >= 11 is 0. The van der Waals surface area contributed by atoms with Crippen molar-refractivity contribution < 1.29 is 5.03 Å². The van der Waals surface area contributed by atoms with Gasteiger partial charge in [-0.2, -0.15) is 0 Å². The van der Waals surface area contributed by atoms with Gasteiger partial charge in [-0.05, 0) is 13.0 Å². The van der Waals surface area contributed by atoms with Crippen LogP contribution in [0.25, 0.3) is 0 Å². The highest BCUT2D eigenvalue weighted by atomic mass is 16.7. The fourth-order valence-electron chi connectivity index (χ4n) is 0.389. The predicted octanol–water partition coefficient (Wildman–Crippen LogP) is 0.587. The lowest BCUT2D eigenvalue weighted by molar-refractivity contribution is -0.494. The topological polar surface area (TPSA) is 79.9 Å². The zero-order valence-electron chi connectivity index (χ0n) is 5.78. The fourth-order valence-corrected chi connectivity index (χ4v) is 0.389. The Hall–Kier alpha value is -1.04. The first-order valence-electron chi connectivity index (χ1n) is 3.00. The maximum absolute atomic E-state index is 9.55. The largest absolute Gasteiger partial charge is 0.337 e. The number of nitro groups is 1. The van der Waals surface area contributed by atoms with Crippen molar-refractivity contribution in [1.29, 1.82) is 0 Å². The van der Waals surface area contributed by atoms with Gasteiger partial charge in [-0.1, -0.05) is 6.92 Å². The number of hydrogen-bond acceptors (Lipinski definition) is 4. The molecule has 0 rings (SSSR count). The molecule has 0 heterocycles. The second-order valence-corrected chi connectivity index (χ2v) is 1.63.